The van der Waals surface area contributed by atoms with Crippen LogP contribution in [0.2, 0.25) is 0 Å². The van der Waals surface area contributed by atoms with Gasteiger partial charge in [0.2, 0.25) is 0 Å². The average molecular weight is 463 g/mol. The zero-order valence-corrected chi connectivity index (χ0v) is 19.6. The Morgan fingerprint density at radius 3 is 1.52 bits per heavy atom. The SMILES string of the molecule is C[C@@H]1CNC2CCCCC2NC[C@H](C)NC[C@@H]2CCC[C@@H](CN1)N2.[Cl][Mn][Cl]. The van der Waals surface area contributed by atoms with E-state index in [1.54, 1.807) is 0 Å². The molecule has 1 aliphatic carbocycles. The number of fused-ring (bicyclic) bond motifs is 3. The van der Waals surface area contributed by atoms with E-state index in [-0.39, 0.29) is 13.1 Å². The van der Waals surface area contributed by atoms with Crippen LogP contribution >= 0.6 is 20.2 Å². The Bertz CT molecular complexity index is 361. The van der Waals surface area contributed by atoms with Gasteiger partial charge in [-0.3, -0.25) is 0 Å². The monoisotopic (exact) mass is 462 g/mol. The molecule has 2 aliphatic heterocycles. The van der Waals surface area contributed by atoms with Crippen molar-refractivity contribution in [3.8, 4) is 0 Å². The van der Waals surface area contributed by atoms with Gasteiger partial charge in [0.15, 0.2) is 0 Å². The van der Waals surface area contributed by atoms with Crippen LogP contribution in [-0.4, -0.2) is 62.4 Å². The van der Waals surface area contributed by atoms with Crippen molar-refractivity contribution in [2.24, 2.45) is 0 Å². The molecule has 5 N–H and O–H groups in total. The molecule has 0 radical (unpaired) electrons. The van der Waals surface area contributed by atoms with Crippen molar-refractivity contribution < 1.29 is 13.1 Å². The molecule has 6 atom stereocenters. The first-order valence-corrected chi connectivity index (χ1v) is 13.9. The molecule has 27 heavy (non-hydrogen) atoms. The third kappa shape index (κ3) is 9.50. The van der Waals surface area contributed by atoms with E-state index in [1.165, 1.54) is 44.9 Å². The van der Waals surface area contributed by atoms with Crippen LogP contribution < -0.4 is 26.6 Å². The molecule has 0 aromatic rings. The zero-order chi connectivity index (χ0) is 19.5. The second-order valence-corrected chi connectivity index (χ2v) is 10.4. The van der Waals surface area contributed by atoms with Gasteiger partial charge in [-0.05, 0) is 39.5 Å². The quantitative estimate of drug-likeness (QED) is 0.357. The Balaban J connectivity index is 0.000000817. The molecule has 0 aromatic heterocycles. The molecule has 3 aliphatic rings. The molecule has 161 valence electrons. The van der Waals surface area contributed by atoms with Gasteiger partial charge >= 0.3 is 33.3 Å². The molecular weight excluding hydrogens is 424 g/mol. The molecule has 0 amide bonds. The second-order valence-electron chi connectivity index (χ2n) is 8.48. The number of halogens is 2. The first-order valence-electron chi connectivity index (χ1n) is 10.7. The first kappa shape index (κ1) is 24.2. The van der Waals surface area contributed by atoms with Crippen LogP contribution in [0.4, 0.5) is 0 Å². The van der Waals surface area contributed by atoms with Crippen molar-refractivity contribution >= 4 is 20.2 Å². The molecule has 5 nitrogen and oxygen atoms in total. The fourth-order valence-corrected chi connectivity index (χ4v) is 4.54. The summed E-state index contributed by atoms with van der Waals surface area (Å²) in [4.78, 5) is 0. The van der Waals surface area contributed by atoms with Crippen LogP contribution in [0.15, 0.2) is 0 Å². The molecular formula is C19H39Cl2MnN5. The van der Waals surface area contributed by atoms with Crippen LogP contribution in [0.5, 0.6) is 0 Å². The van der Waals surface area contributed by atoms with Crippen molar-refractivity contribution in [2.75, 3.05) is 26.2 Å². The molecule has 8 heteroatoms. The topological polar surface area (TPSA) is 60.1 Å². The maximum atomic E-state index is 4.80. The van der Waals surface area contributed by atoms with Gasteiger partial charge in [-0.2, -0.15) is 0 Å². The zero-order valence-electron chi connectivity index (χ0n) is 16.9. The van der Waals surface area contributed by atoms with Gasteiger partial charge in [-0.25, -0.2) is 0 Å². The van der Waals surface area contributed by atoms with Crippen LogP contribution in [0.3, 0.4) is 0 Å². The van der Waals surface area contributed by atoms with Gasteiger partial charge in [0.25, 0.3) is 0 Å². The van der Waals surface area contributed by atoms with E-state index in [2.05, 4.69) is 40.4 Å². The fraction of sp³-hybridized carbons (Fsp3) is 1.00. The van der Waals surface area contributed by atoms with Crippen molar-refractivity contribution in [3.63, 3.8) is 0 Å². The van der Waals surface area contributed by atoms with E-state index in [9.17, 15) is 0 Å². The summed E-state index contributed by atoms with van der Waals surface area (Å²) in [5.74, 6) is 0. The minimum absolute atomic E-state index is 0.00694. The third-order valence-electron chi connectivity index (χ3n) is 6.14. The second kappa shape index (κ2) is 14.0. The molecule has 1 saturated carbocycles. The van der Waals surface area contributed by atoms with Gasteiger partial charge in [-0.1, -0.05) is 19.3 Å². The number of rotatable bonds is 0. The maximum absolute atomic E-state index is 4.80. The normalized spacial score (nSPS) is 39.1. The number of nitrogens with one attached hydrogen (secondary N) is 5. The average Bonchev–Trinajstić information content (AvgIpc) is 2.68. The first-order chi connectivity index (χ1) is 13.1. The Morgan fingerprint density at radius 1 is 0.630 bits per heavy atom. The standard InChI is InChI=1S/C19H39N5.2ClH.Mn/c1-14-10-22-18-8-3-4-9-19(18)23-11-15(2)21-13-17-7-5-6-16(24-17)12-20-14;;;/h14-24H,3-13H2,1-2H3;2*1H;/q;;;+2/p-2/t14-,15+,16-,17-,18?,19?;;;/m0.../s1. The summed E-state index contributed by atoms with van der Waals surface area (Å²) in [7, 11) is 9.59. The molecule has 2 saturated heterocycles. The summed E-state index contributed by atoms with van der Waals surface area (Å²) in [5, 5.41) is 19.0. The van der Waals surface area contributed by atoms with Gasteiger partial charge in [0.05, 0.1) is 0 Å². The summed E-state index contributed by atoms with van der Waals surface area (Å²) in [6, 6.07) is 3.62. The molecule has 2 unspecified atom stereocenters. The van der Waals surface area contributed by atoms with Gasteiger partial charge in [0, 0.05) is 62.4 Å². The minimum atomic E-state index is 0.00694. The van der Waals surface area contributed by atoms with Crippen LogP contribution in [-0.2, 0) is 13.1 Å². The molecule has 0 aromatic carbocycles. The molecule has 3 rings (SSSR count). The van der Waals surface area contributed by atoms with E-state index in [0.29, 0.717) is 36.3 Å². The Kier molecular flexibility index (Phi) is 12.5. The Labute approximate surface area is 180 Å². The van der Waals surface area contributed by atoms with E-state index in [0.717, 1.165) is 26.2 Å². The Hall–Kier alpha value is 0.899. The number of piperidine rings is 1. The fourth-order valence-electron chi connectivity index (χ4n) is 4.54. The van der Waals surface area contributed by atoms with Gasteiger partial charge < -0.3 is 26.6 Å². The van der Waals surface area contributed by atoms with E-state index >= 15 is 0 Å². The van der Waals surface area contributed by atoms with E-state index < -0.39 is 0 Å². The van der Waals surface area contributed by atoms with Crippen molar-refractivity contribution in [3.05, 3.63) is 0 Å². The molecule has 2 heterocycles. The molecule has 2 bridgehead atoms. The van der Waals surface area contributed by atoms with Crippen molar-refractivity contribution in [1.29, 1.82) is 0 Å². The number of hydrogen-bond donors (Lipinski definition) is 5. The van der Waals surface area contributed by atoms with Gasteiger partial charge in [0.1, 0.15) is 0 Å². The van der Waals surface area contributed by atoms with Crippen molar-refractivity contribution in [2.45, 2.75) is 95.0 Å². The predicted octanol–water partition coefficient (Wildman–Crippen LogP) is 2.33. The summed E-state index contributed by atoms with van der Waals surface area (Å²) >= 11 is 0.00694. The number of hydrogen-bond acceptors (Lipinski definition) is 5. The summed E-state index contributed by atoms with van der Waals surface area (Å²) < 4.78 is 0. The predicted molar refractivity (Wildman–Crippen MR) is 113 cm³/mol. The summed E-state index contributed by atoms with van der Waals surface area (Å²) in [5.41, 5.74) is 0. The van der Waals surface area contributed by atoms with Gasteiger partial charge in [-0.15, -0.1) is 0 Å². The third-order valence-corrected chi connectivity index (χ3v) is 6.14. The van der Waals surface area contributed by atoms with Crippen LogP contribution in [0.1, 0.15) is 58.8 Å². The molecule has 0 spiro atoms. The van der Waals surface area contributed by atoms with Crippen LogP contribution in [0.25, 0.3) is 0 Å². The molecule has 3 fully saturated rings. The summed E-state index contributed by atoms with van der Waals surface area (Å²) in [6.45, 7) is 8.99. The van der Waals surface area contributed by atoms with E-state index in [1.807, 2.05) is 0 Å². The summed E-state index contributed by atoms with van der Waals surface area (Å²) in [6.07, 6.45) is 9.36. The Morgan fingerprint density at radius 2 is 1.07 bits per heavy atom. The van der Waals surface area contributed by atoms with E-state index in [4.69, 9.17) is 20.2 Å². The van der Waals surface area contributed by atoms with Crippen molar-refractivity contribution in [1.82, 2.24) is 26.6 Å². The van der Waals surface area contributed by atoms with Crippen LogP contribution in [0, 0.1) is 0 Å².